The van der Waals surface area contributed by atoms with Crippen LogP contribution in [0.15, 0.2) is 24.3 Å². The zero-order valence-electron chi connectivity index (χ0n) is 11.4. The number of aryl methyl sites for hydroxylation is 1. The minimum atomic E-state index is 0.464. The van der Waals surface area contributed by atoms with E-state index in [9.17, 15) is 0 Å². The maximum absolute atomic E-state index is 3.76. The first-order chi connectivity index (χ1) is 8.16. The molecule has 17 heavy (non-hydrogen) atoms. The second-order valence-electron chi connectivity index (χ2n) is 5.63. The smallest absolute Gasteiger partial charge is 0.0294 e. The second-order valence-corrected chi connectivity index (χ2v) is 5.63. The van der Waals surface area contributed by atoms with E-state index in [0.717, 1.165) is 5.92 Å². The summed E-state index contributed by atoms with van der Waals surface area (Å²) in [5, 5.41) is 3.76. The molecule has 0 amide bonds. The van der Waals surface area contributed by atoms with Gasteiger partial charge >= 0.3 is 0 Å². The van der Waals surface area contributed by atoms with Crippen LogP contribution in [0.25, 0.3) is 0 Å². The minimum Gasteiger partial charge on any atom is -0.307 e. The van der Waals surface area contributed by atoms with Crippen LogP contribution in [0.5, 0.6) is 0 Å². The van der Waals surface area contributed by atoms with Crippen molar-refractivity contribution in [2.24, 2.45) is 5.92 Å². The number of rotatable bonds is 4. The molecule has 94 valence electrons. The second kappa shape index (κ2) is 5.68. The molecular formula is C16H25N. The van der Waals surface area contributed by atoms with Crippen LogP contribution in [0.2, 0.25) is 0 Å². The van der Waals surface area contributed by atoms with Crippen LogP contribution in [0.1, 0.15) is 56.7 Å². The van der Waals surface area contributed by atoms with Gasteiger partial charge in [0.1, 0.15) is 0 Å². The summed E-state index contributed by atoms with van der Waals surface area (Å²) in [5.41, 5.74) is 2.74. The molecule has 1 aromatic rings. The van der Waals surface area contributed by atoms with Gasteiger partial charge in [0, 0.05) is 12.1 Å². The van der Waals surface area contributed by atoms with Crippen molar-refractivity contribution in [3.63, 3.8) is 0 Å². The van der Waals surface area contributed by atoms with E-state index in [2.05, 4.69) is 50.4 Å². The molecule has 1 nitrogen and oxygen atoms in total. The summed E-state index contributed by atoms with van der Waals surface area (Å²) in [7, 11) is 0. The van der Waals surface area contributed by atoms with Gasteiger partial charge in [-0.3, -0.25) is 0 Å². The van der Waals surface area contributed by atoms with Gasteiger partial charge in [0.05, 0.1) is 0 Å². The Kier molecular flexibility index (Phi) is 4.22. The number of hydrogen-bond acceptors (Lipinski definition) is 1. The van der Waals surface area contributed by atoms with E-state index < -0.39 is 0 Å². The third kappa shape index (κ3) is 3.32. The highest BCUT2D eigenvalue weighted by atomic mass is 14.9. The Morgan fingerprint density at radius 1 is 1.06 bits per heavy atom. The van der Waals surface area contributed by atoms with Crippen LogP contribution in [-0.4, -0.2) is 6.04 Å². The molecule has 0 spiro atoms. The normalized spacial score (nSPS) is 20.4. The maximum Gasteiger partial charge on any atom is 0.0294 e. The molecule has 2 atom stereocenters. The van der Waals surface area contributed by atoms with Gasteiger partial charge in [-0.05, 0) is 45.1 Å². The fourth-order valence-corrected chi connectivity index (χ4v) is 2.94. The standard InChI is InChI=1S/C16H25N/c1-12-8-10-16(11-9-12)14(3)17-13(2)15-6-4-5-7-15/h8-11,13-15,17H,4-7H2,1-3H3/t13?,14-/m1/s1. The fourth-order valence-electron chi connectivity index (χ4n) is 2.94. The molecule has 1 aliphatic rings. The van der Waals surface area contributed by atoms with Crippen molar-refractivity contribution < 1.29 is 0 Å². The fraction of sp³-hybridized carbons (Fsp3) is 0.625. The first-order valence-electron chi connectivity index (χ1n) is 6.99. The summed E-state index contributed by atoms with van der Waals surface area (Å²) >= 11 is 0. The van der Waals surface area contributed by atoms with Gasteiger partial charge in [-0.15, -0.1) is 0 Å². The maximum atomic E-state index is 3.76. The summed E-state index contributed by atoms with van der Waals surface area (Å²) in [6, 6.07) is 10.0. The van der Waals surface area contributed by atoms with Crippen LogP contribution in [0, 0.1) is 12.8 Å². The molecule has 1 aromatic carbocycles. The summed E-state index contributed by atoms with van der Waals surface area (Å²) in [4.78, 5) is 0. The van der Waals surface area contributed by atoms with Crippen LogP contribution >= 0.6 is 0 Å². The zero-order chi connectivity index (χ0) is 12.3. The number of hydrogen-bond donors (Lipinski definition) is 1. The lowest BCUT2D eigenvalue weighted by Crippen LogP contribution is -2.34. The van der Waals surface area contributed by atoms with Crippen LogP contribution in [-0.2, 0) is 0 Å². The lowest BCUT2D eigenvalue weighted by atomic mass is 9.97. The SMILES string of the molecule is Cc1ccc([C@@H](C)NC(C)C2CCCC2)cc1. The van der Waals surface area contributed by atoms with E-state index in [-0.39, 0.29) is 0 Å². The molecule has 0 aromatic heterocycles. The van der Waals surface area contributed by atoms with E-state index in [1.54, 1.807) is 0 Å². The molecular weight excluding hydrogens is 206 g/mol. The van der Waals surface area contributed by atoms with Gasteiger partial charge in [0.2, 0.25) is 0 Å². The highest BCUT2D eigenvalue weighted by Crippen LogP contribution is 2.28. The highest BCUT2D eigenvalue weighted by Gasteiger charge is 2.22. The predicted molar refractivity (Wildman–Crippen MR) is 74.1 cm³/mol. The Morgan fingerprint density at radius 3 is 2.24 bits per heavy atom. The first-order valence-corrected chi connectivity index (χ1v) is 6.99. The summed E-state index contributed by atoms with van der Waals surface area (Å²) in [6.07, 6.45) is 5.68. The Hall–Kier alpha value is -0.820. The first kappa shape index (κ1) is 12.6. The van der Waals surface area contributed by atoms with Gasteiger partial charge in [0.25, 0.3) is 0 Å². The van der Waals surface area contributed by atoms with Gasteiger partial charge in [-0.25, -0.2) is 0 Å². The van der Waals surface area contributed by atoms with E-state index in [0.29, 0.717) is 12.1 Å². The van der Waals surface area contributed by atoms with Crippen LogP contribution in [0.4, 0.5) is 0 Å². The van der Waals surface area contributed by atoms with E-state index >= 15 is 0 Å². The molecule has 2 rings (SSSR count). The Bertz CT molecular complexity index is 335. The molecule has 1 N–H and O–H groups in total. The van der Waals surface area contributed by atoms with Gasteiger partial charge in [-0.2, -0.15) is 0 Å². The molecule has 0 aliphatic heterocycles. The average molecular weight is 231 g/mol. The average Bonchev–Trinajstić information content (AvgIpc) is 2.83. The molecule has 1 unspecified atom stereocenters. The van der Waals surface area contributed by atoms with Crippen molar-refractivity contribution in [1.29, 1.82) is 0 Å². The minimum absolute atomic E-state index is 0.464. The molecule has 1 heteroatoms. The van der Waals surface area contributed by atoms with E-state index in [4.69, 9.17) is 0 Å². The Morgan fingerprint density at radius 2 is 1.65 bits per heavy atom. The van der Waals surface area contributed by atoms with Crippen molar-refractivity contribution >= 4 is 0 Å². The number of nitrogens with one attached hydrogen (secondary N) is 1. The monoisotopic (exact) mass is 231 g/mol. The van der Waals surface area contributed by atoms with E-state index in [1.807, 2.05) is 0 Å². The Labute approximate surface area is 106 Å². The Balaban J connectivity index is 1.91. The van der Waals surface area contributed by atoms with Crippen molar-refractivity contribution in [2.45, 2.75) is 58.5 Å². The quantitative estimate of drug-likeness (QED) is 0.818. The van der Waals surface area contributed by atoms with Crippen molar-refractivity contribution in [3.05, 3.63) is 35.4 Å². The highest BCUT2D eigenvalue weighted by molar-refractivity contribution is 5.23. The molecule has 0 bridgehead atoms. The molecule has 1 aliphatic carbocycles. The third-order valence-corrected chi connectivity index (χ3v) is 4.20. The van der Waals surface area contributed by atoms with Crippen molar-refractivity contribution in [2.75, 3.05) is 0 Å². The van der Waals surface area contributed by atoms with Gasteiger partial charge in [0.15, 0.2) is 0 Å². The van der Waals surface area contributed by atoms with Crippen LogP contribution in [0.3, 0.4) is 0 Å². The predicted octanol–water partition coefficient (Wildman–Crippen LogP) is 4.22. The largest absolute Gasteiger partial charge is 0.307 e. The van der Waals surface area contributed by atoms with E-state index in [1.165, 1.54) is 36.8 Å². The summed E-state index contributed by atoms with van der Waals surface area (Å²) in [5.74, 6) is 0.892. The van der Waals surface area contributed by atoms with Crippen molar-refractivity contribution in [3.8, 4) is 0 Å². The van der Waals surface area contributed by atoms with Crippen LogP contribution < -0.4 is 5.32 Å². The van der Waals surface area contributed by atoms with Gasteiger partial charge in [-0.1, -0.05) is 42.7 Å². The summed E-state index contributed by atoms with van der Waals surface area (Å²) in [6.45, 7) is 6.76. The lowest BCUT2D eigenvalue weighted by Gasteiger charge is -2.25. The molecule has 1 fully saturated rings. The third-order valence-electron chi connectivity index (χ3n) is 4.20. The summed E-state index contributed by atoms with van der Waals surface area (Å²) < 4.78 is 0. The van der Waals surface area contributed by atoms with Crippen molar-refractivity contribution in [1.82, 2.24) is 5.32 Å². The topological polar surface area (TPSA) is 12.0 Å². The molecule has 1 saturated carbocycles. The molecule has 0 heterocycles. The molecule has 0 radical (unpaired) electrons. The number of benzene rings is 1. The van der Waals surface area contributed by atoms with Gasteiger partial charge < -0.3 is 5.32 Å². The zero-order valence-corrected chi connectivity index (χ0v) is 11.4. The molecule has 0 saturated heterocycles. The lowest BCUT2D eigenvalue weighted by molar-refractivity contribution is 0.352.